The van der Waals surface area contributed by atoms with Crippen LogP contribution in [-0.4, -0.2) is 55.6 Å². The Labute approximate surface area is 111 Å². The quantitative estimate of drug-likeness (QED) is 0.779. The molecule has 0 N–H and O–H groups in total. The zero-order valence-corrected chi connectivity index (χ0v) is 12.0. The first-order valence-corrected chi connectivity index (χ1v) is 6.03. The first-order chi connectivity index (χ1) is 8.57. The molecule has 0 radical (unpaired) electrons. The second kappa shape index (κ2) is 5.20. The summed E-state index contributed by atoms with van der Waals surface area (Å²) in [5, 5.41) is 0. The van der Waals surface area contributed by atoms with Gasteiger partial charge in [0.25, 0.3) is 11.7 Å². The lowest BCUT2D eigenvalue weighted by molar-refractivity contribution is -0.328. The van der Waals surface area contributed by atoms with Gasteiger partial charge in [-0.15, -0.1) is 0 Å². The van der Waals surface area contributed by atoms with Crippen LogP contribution in [0.1, 0.15) is 27.2 Å². The number of halogens is 2. The second-order valence-corrected chi connectivity index (χ2v) is 5.52. The molecule has 0 spiro atoms. The molecule has 112 valence electrons. The third-order valence-electron chi connectivity index (χ3n) is 2.95. The molecule has 1 fully saturated rings. The molecule has 1 aliphatic rings. The fourth-order valence-electron chi connectivity index (χ4n) is 1.86. The molecule has 2 atom stereocenters. The Balaban J connectivity index is 2.81. The van der Waals surface area contributed by atoms with Crippen LogP contribution >= 0.6 is 0 Å². The fraction of sp³-hybridized carbons (Fsp3) is 0.917. The molecule has 1 aliphatic heterocycles. The molecule has 1 saturated heterocycles. The number of alkyl halides is 2. The van der Waals surface area contributed by atoms with E-state index in [-0.39, 0.29) is 13.0 Å². The molecule has 0 aliphatic carbocycles. The van der Waals surface area contributed by atoms with Gasteiger partial charge in [0.05, 0.1) is 6.54 Å². The standard InChI is InChI=1S/C12H21F2NO4/c1-10(2,3)19-9(16)15-7-6-11(13,17-4)12(14,8-15)18-5/h6-8H2,1-5H3. The van der Waals surface area contributed by atoms with Crippen LogP contribution in [-0.2, 0) is 14.2 Å². The number of rotatable bonds is 2. The molecule has 7 heteroatoms. The Bertz CT molecular complexity index is 347. The Morgan fingerprint density at radius 3 is 2.11 bits per heavy atom. The molecular formula is C12H21F2NO4. The molecule has 1 rings (SSSR count). The van der Waals surface area contributed by atoms with E-state index in [0.717, 1.165) is 19.1 Å². The number of hydrogen-bond acceptors (Lipinski definition) is 4. The zero-order valence-electron chi connectivity index (χ0n) is 12.0. The average molecular weight is 281 g/mol. The van der Waals surface area contributed by atoms with E-state index in [2.05, 4.69) is 9.47 Å². The van der Waals surface area contributed by atoms with Gasteiger partial charge in [-0.25, -0.2) is 13.6 Å². The van der Waals surface area contributed by atoms with Crippen molar-refractivity contribution < 1.29 is 27.8 Å². The number of amides is 1. The highest BCUT2D eigenvalue weighted by molar-refractivity contribution is 5.68. The van der Waals surface area contributed by atoms with Crippen molar-refractivity contribution in [3.8, 4) is 0 Å². The summed E-state index contributed by atoms with van der Waals surface area (Å²) in [6.45, 7) is 4.50. The van der Waals surface area contributed by atoms with Crippen LogP contribution in [0.5, 0.6) is 0 Å². The van der Waals surface area contributed by atoms with Crippen LogP contribution in [0.3, 0.4) is 0 Å². The summed E-state index contributed by atoms with van der Waals surface area (Å²) in [7, 11) is 2.10. The lowest BCUT2D eigenvalue weighted by Gasteiger charge is -2.44. The molecule has 0 aromatic heterocycles. The van der Waals surface area contributed by atoms with Crippen LogP contribution in [0.25, 0.3) is 0 Å². The van der Waals surface area contributed by atoms with Gasteiger partial charge in [0.1, 0.15) is 5.60 Å². The van der Waals surface area contributed by atoms with Crippen molar-refractivity contribution in [2.24, 2.45) is 0 Å². The SMILES string of the molecule is COC1(F)CCN(C(=O)OC(C)(C)C)CC1(F)OC. The minimum absolute atomic E-state index is 0.00567. The van der Waals surface area contributed by atoms with Crippen LogP contribution in [0.15, 0.2) is 0 Å². The molecule has 0 bridgehead atoms. The van der Waals surface area contributed by atoms with E-state index in [1.54, 1.807) is 20.8 Å². The van der Waals surface area contributed by atoms with Crippen molar-refractivity contribution in [1.29, 1.82) is 0 Å². The molecule has 0 saturated carbocycles. The molecule has 2 unspecified atom stereocenters. The molecule has 0 aromatic rings. The van der Waals surface area contributed by atoms with Crippen LogP contribution in [0.4, 0.5) is 13.6 Å². The van der Waals surface area contributed by atoms with Crippen molar-refractivity contribution in [1.82, 2.24) is 4.90 Å². The Hall–Kier alpha value is -0.950. The van der Waals surface area contributed by atoms with E-state index in [1.807, 2.05) is 0 Å². The number of methoxy groups -OCH3 is 2. The Kier molecular flexibility index (Phi) is 4.41. The normalized spacial score (nSPS) is 32.3. The van der Waals surface area contributed by atoms with Crippen molar-refractivity contribution >= 4 is 6.09 Å². The van der Waals surface area contributed by atoms with E-state index in [0.29, 0.717) is 0 Å². The van der Waals surface area contributed by atoms with Crippen molar-refractivity contribution in [3.63, 3.8) is 0 Å². The van der Waals surface area contributed by atoms with Gasteiger partial charge in [-0.05, 0) is 20.8 Å². The molecular weight excluding hydrogens is 260 g/mol. The predicted molar refractivity (Wildman–Crippen MR) is 64.1 cm³/mol. The van der Waals surface area contributed by atoms with Gasteiger partial charge in [0.15, 0.2) is 0 Å². The zero-order chi connectivity index (χ0) is 14.9. The largest absolute Gasteiger partial charge is 0.444 e. The number of carbonyl (C=O) groups is 1. The minimum Gasteiger partial charge on any atom is -0.444 e. The lowest BCUT2D eigenvalue weighted by Crippen LogP contribution is -2.63. The highest BCUT2D eigenvalue weighted by Crippen LogP contribution is 2.40. The maximum absolute atomic E-state index is 14.4. The van der Waals surface area contributed by atoms with Gasteiger partial charge in [-0.2, -0.15) is 0 Å². The van der Waals surface area contributed by atoms with Crippen molar-refractivity contribution in [2.45, 2.75) is 44.5 Å². The summed E-state index contributed by atoms with van der Waals surface area (Å²) in [6, 6.07) is 0. The predicted octanol–water partition coefficient (Wildman–Crippen LogP) is 2.25. The third kappa shape index (κ3) is 3.33. The highest BCUT2D eigenvalue weighted by atomic mass is 19.2. The van der Waals surface area contributed by atoms with E-state index >= 15 is 0 Å². The summed E-state index contributed by atoms with van der Waals surface area (Å²) in [5.41, 5.74) is -0.700. The second-order valence-electron chi connectivity index (χ2n) is 5.52. The molecule has 0 aromatic carbocycles. The van der Waals surface area contributed by atoms with Crippen LogP contribution < -0.4 is 0 Å². The number of likely N-dealkylation sites (tertiary alicyclic amines) is 1. The summed E-state index contributed by atoms with van der Waals surface area (Å²) in [6.07, 6.45) is -1.03. The van der Waals surface area contributed by atoms with Crippen molar-refractivity contribution in [3.05, 3.63) is 0 Å². The van der Waals surface area contributed by atoms with Gasteiger partial charge in [-0.3, -0.25) is 0 Å². The summed E-state index contributed by atoms with van der Waals surface area (Å²) in [4.78, 5) is 12.9. The maximum Gasteiger partial charge on any atom is 0.410 e. The molecule has 5 nitrogen and oxygen atoms in total. The first kappa shape index (κ1) is 16.1. The lowest BCUT2D eigenvalue weighted by atomic mass is 9.99. The van der Waals surface area contributed by atoms with Gasteiger partial charge in [-0.1, -0.05) is 0 Å². The number of piperidine rings is 1. The summed E-state index contributed by atoms with van der Waals surface area (Å²) in [5.74, 6) is -5.28. The van der Waals surface area contributed by atoms with Gasteiger partial charge < -0.3 is 19.1 Å². The minimum atomic E-state index is -2.71. The third-order valence-corrected chi connectivity index (χ3v) is 2.95. The van der Waals surface area contributed by atoms with Crippen LogP contribution in [0.2, 0.25) is 0 Å². The first-order valence-electron chi connectivity index (χ1n) is 6.03. The number of ether oxygens (including phenoxy) is 3. The van der Waals surface area contributed by atoms with Crippen molar-refractivity contribution in [2.75, 3.05) is 27.3 Å². The Morgan fingerprint density at radius 2 is 1.68 bits per heavy atom. The monoisotopic (exact) mass is 281 g/mol. The van der Waals surface area contributed by atoms with Crippen LogP contribution in [0, 0.1) is 0 Å². The van der Waals surface area contributed by atoms with Gasteiger partial charge >= 0.3 is 6.09 Å². The molecule has 19 heavy (non-hydrogen) atoms. The molecule has 1 heterocycles. The smallest absolute Gasteiger partial charge is 0.410 e. The maximum atomic E-state index is 14.4. The van der Waals surface area contributed by atoms with E-state index in [1.165, 1.54) is 0 Å². The molecule has 1 amide bonds. The van der Waals surface area contributed by atoms with E-state index in [9.17, 15) is 13.6 Å². The number of nitrogens with zero attached hydrogens (tertiary/aromatic N) is 1. The van der Waals surface area contributed by atoms with Gasteiger partial charge in [0.2, 0.25) is 0 Å². The van der Waals surface area contributed by atoms with Gasteiger partial charge in [0, 0.05) is 27.2 Å². The summed E-state index contributed by atoms with van der Waals surface area (Å²) >= 11 is 0. The Morgan fingerprint density at radius 1 is 1.16 bits per heavy atom. The number of carbonyl (C=O) groups excluding carboxylic acids is 1. The topological polar surface area (TPSA) is 48.0 Å². The van der Waals surface area contributed by atoms with E-state index < -0.39 is 29.9 Å². The fourth-order valence-corrected chi connectivity index (χ4v) is 1.86. The summed E-state index contributed by atoms with van der Waals surface area (Å²) < 4.78 is 42.9. The van der Waals surface area contributed by atoms with E-state index in [4.69, 9.17) is 4.74 Å². The average Bonchev–Trinajstić information content (AvgIpc) is 2.30. The number of hydrogen-bond donors (Lipinski definition) is 0. The highest BCUT2D eigenvalue weighted by Gasteiger charge is 2.59.